The van der Waals surface area contributed by atoms with Gasteiger partial charge in [-0.25, -0.2) is 14.4 Å². The largest absolute Gasteiger partial charge is 0.240 e. The van der Waals surface area contributed by atoms with Gasteiger partial charge in [0.2, 0.25) is 18.2 Å². The lowest BCUT2D eigenvalue weighted by Crippen LogP contribution is -1.92. The van der Waals surface area contributed by atoms with E-state index in [1.165, 1.54) is 24.3 Å². The predicted molar refractivity (Wildman–Crippen MR) is 83.8 cm³/mol. The third-order valence-corrected chi connectivity index (χ3v) is 3.32. The molecule has 0 spiro atoms. The van der Waals surface area contributed by atoms with E-state index in [0.29, 0.717) is 23.5 Å². The standard InChI is InChI=1S/C17H11N3O3/c1-12-14(6-13-2-4-15(5-3-13)18-9-21)7-16(19-10-22)8-17(12)20-11-23/h2-5,7-8H,6H2,1H3. The van der Waals surface area contributed by atoms with E-state index in [4.69, 9.17) is 0 Å². The second-order valence-electron chi connectivity index (χ2n) is 4.70. The minimum Gasteiger partial charge on any atom is -0.211 e. The summed E-state index contributed by atoms with van der Waals surface area (Å²) in [5, 5.41) is 0. The fourth-order valence-corrected chi connectivity index (χ4v) is 2.17. The summed E-state index contributed by atoms with van der Waals surface area (Å²) in [6.07, 6.45) is 4.99. The first-order valence-corrected chi connectivity index (χ1v) is 6.64. The Kier molecular flexibility index (Phi) is 5.24. The molecule has 0 aliphatic rings. The van der Waals surface area contributed by atoms with Gasteiger partial charge in [-0.1, -0.05) is 12.1 Å². The molecule has 0 aliphatic heterocycles. The van der Waals surface area contributed by atoms with Gasteiger partial charge >= 0.3 is 0 Å². The summed E-state index contributed by atoms with van der Waals surface area (Å²) in [6, 6.07) is 10.3. The van der Waals surface area contributed by atoms with E-state index >= 15 is 0 Å². The van der Waals surface area contributed by atoms with Gasteiger partial charge in [0.25, 0.3) is 0 Å². The molecule has 2 aromatic rings. The van der Waals surface area contributed by atoms with Gasteiger partial charge in [0, 0.05) is 0 Å². The lowest BCUT2D eigenvalue weighted by atomic mass is 9.98. The van der Waals surface area contributed by atoms with Crippen molar-refractivity contribution in [1.29, 1.82) is 0 Å². The summed E-state index contributed by atoms with van der Waals surface area (Å²) in [4.78, 5) is 41.9. The van der Waals surface area contributed by atoms with Gasteiger partial charge in [-0.2, -0.15) is 15.0 Å². The predicted octanol–water partition coefficient (Wildman–Crippen LogP) is 3.49. The third kappa shape index (κ3) is 4.03. The van der Waals surface area contributed by atoms with Crippen LogP contribution in [0.15, 0.2) is 51.4 Å². The molecule has 2 rings (SSSR count). The number of rotatable bonds is 5. The van der Waals surface area contributed by atoms with Crippen LogP contribution in [0.25, 0.3) is 0 Å². The SMILES string of the molecule is Cc1c(Cc2ccc(N=C=O)cc2)cc(N=C=O)cc1N=C=O. The molecule has 0 aliphatic carbocycles. The highest BCUT2D eigenvalue weighted by molar-refractivity contribution is 5.65. The molecule has 0 amide bonds. The number of benzene rings is 2. The monoisotopic (exact) mass is 305 g/mol. The van der Waals surface area contributed by atoms with Crippen LogP contribution in [0.3, 0.4) is 0 Å². The fourth-order valence-electron chi connectivity index (χ4n) is 2.17. The van der Waals surface area contributed by atoms with Crippen molar-refractivity contribution in [3.63, 3.8) is 0 Å². The van der Waals surface area contributed by atoms with Crippen molar-refractivity contribution in [3.05, 3.63) is 53.1 Å². The number of isocyanates is 3. The molecular weight excluding hydrogens is 294 g/mol. The average molecular weight is 305 g/mol. The minimum atomic E-state index is 0.372. The maximum Gasteiger partial charge on any atom is 0.240 e. The van der Waals surface area contributed by atoms with Gasteiger partial charge < -0.3 is 0 Å². The first-order chi connectivity index (χ1) is 11.2. The zero-order valence-electron chi connectivity index (χ0n) is 12.2. The Morgan fingerprint density at radius 1 is 0.826 bits per heavy atom. The first-order valence-electron chi connectivity index (χ1n) is 6.64. The third-order valence-electron chi connectivity index (χ3n) is 3.32. The lowest BCUT2D eigenvalue weighted by Gasteiger charge is -2.09. The molecule has 0 unspecified atom stereocenters. The molecule has 0 aromatic heterocycles. The van der Waals surface area contributed by atoms with E-state index in [9.17, 15) is 14.4 Å². The normalized spacial score (nSPS) is 9.26. The van der Waals surface area contributed by atoms with E-state index in [1.807, 2.05) is 19.1 Å². The van der Waals surface area contributed by atoms with Crippen LogP contribution in [0.1, 0.15) is 16.7 Å². The van der Waals surface area contributed by atoms with Crippen LogP contribution in [0.5, 0.6) is 0 Å². The van der Waals surface area contributed by atoms with Crippen LogP contribution in [0.4, 0.5) is 17.1 Å². The summed E-state index contributed by atoms with van der Waals surface area (Å²) in [5.74, 6) is 0. The first kappa shape index (κ1) is 16.0. The Hall–Kier alpha value is -3.42. The summed E-state index contributed by atoms with van der Waals surface area (Å²) in [6.45, 7) is 1.82. The van der Waals surface area contributed by atoms with Crippen molar-refractivity contribution in [2.45, 2.75) is 13.3 Å². The number of hydrogen-bond donors (Lipinski definition) is 0. The molecule has 0 saturated carbocycles. The molecule has 0 fully saturated rings. The molecule has 0 bridgehead atoms. The van der Waals surface area contributed by atoms with Crippen LogP contribution in [0, 0.1) is 6.92 Å². The zero-order valence-corrected chi connectivity index (χ0v) is 12.2. The molecule has 0 saturated heterocycles. The lowest BCUT2D eigenvalue weighted by molar-refractivity contribution is 0.564. The topological polar surface area (TPSA) is 88.3 Å². The molecule has 112 valence electrons. The fraction of sp³-hybridized carbons (Fsp3) is 0.118. The molecule has 6 heteroatoms. The van der Waals surface area contributed by atoms with Gasteiger partial charge in [-0.15, -0.1) is 0 Å². The Morgan fingerprint density at radius 2 is 1.43 bits per heavy atom. The maximum atomic E-state index is 10.5. The second kappa shape index (κ2) is 7.55. The van der Waals surface area contributed by atoms with Gasteiger partial charge in [-0.05, 0) is 54.3 Å². The maximum absolute atomic E-state index is 10.5. The zero-order chi connectivity index (χ0) is 16.7. The smallest absolute Gasteiger partial charge is 0.211 e. The highest BCUT2D eigenvalue weighted by Gasteiger charge is 2.08. The second-order valence-corrected chi connectivity index (χ2v) is 4.70. The van der Waals surface area contributed by atoms with Crippen LogP contribution < -0.4 is 0 Å². The highest BCUT2D eigenvalue weighted by Crippen LogP contribution is 2.30. The van der Waals surface area contributed by atoms with Crippen LogP contribution in [0.2, 0.25) is 0 Å². The minimum absolute atomic E-state index is 0.372. The van der Waals surface area contributed by atoms with E-state index in [2.05, 4.69) is 15.0 Å². The summed E-state index contributed by atoms with van der Waals surface area (Å²) < 4.78 is 0. The van der Waals surface area contributed by atoms with E-state index in [0.717, 1.165) is 16.7 Å². The molecule has 0 heterocycles. The number of aliphatic imine (C=N–C) groups is 3. The Bertz CT molecular complexity index is 869. The Labute approximate surface area is 131 Å². The average Bonchev–Trinajstić information content (AvgIpc) is 2.54. The van der Waals surface area contributed by atoms with Crippen LogP contribution in [-0.4, -0.2) is 18.2 Å². The summed E-state index contributed by atoms with van der Waals surface area (Å²) in [5.41, 5.74) is 3.93. The number of nitrogens with zero attached hydrogens (tertiary/aromatic N) is 3. The Balaban J connectivity index is 2.43. The molecule has 23 heavy (non-hydrogen) atoms. The molecule has 2 aromatic carbocycles. The summed E-state index contributed by atoms with van der Waals surface area (Å²) >= 11 is 0. The van der Waals surface area contributed by atoms with Crippen molar-refractivity contribution >= 4 is 35.3 Å². The van der Waals surface area contributed by atoms with Crippen molar-refractivity contribution in [2.24, 2.45) is 15.0 Å². The number of hydrogen-bond acceptors (Lipinski definition) is 6. The molecular formula is C17H11N3O3. The van der Waals surface area contributed by atoms with Crippen molar-refractivity contribution < 1.29 is 14.4 Å². The molecule has 0 N–H and O–H groups in total. The van der Waals surface area contributed by atoms with E-state index in [-0.39, 0.29) is 0 Å². The van der Waals surface area contributed by atoms with Gasteiger partial charge in [-0.3, -0.25) is 0 Å². The van der Waals surface area contributed by atoms with E-state index < -0.39 is 0 Å². The molecule has 0 radical (unpaired) electrons. The van der Waals surface area contributed by atoms with Crippen molar-refractivity contribution in [2.75, 3.05) is 0 Å². The molecule has 0 atom stereocenters. The van der Waals surface area contributed by atoms with E-state index in [1.54, 1.807) is 18.2 Å². The number of carbonyl (C=O) groups excluding carboxylic acids is 3. The highest BCUT2D eigenvalue weighted by atomic mass is 16.1. The van der Waals surface area contributed by atoms with Gasteiger partial charge in [0.15, 0.2) is 0 Å². The molecule has 6 nitrogen and oxygen atoms in total. The van der Waals surface area contributed by atoms with Crippen molar-refractivity contribution in [1.82, 2.24) is 0 Å². The van der Waals surface area contributed by atoms with Crippen molar-refractivity contribution in [3.8, 4) is 0 Å². The van der Waals surface area contributed by atoms with Crippen LogP contribution in [-0.2, 0) is 20.8 Å². The quantitative estimate of drug-likeness (QED) is 0.625. The Morgan fingerprint density at radius 3 is 2.04 bits per heavy atom. The van der Waals surface area contributed by atoms with Gasteiger partial charge in [0.05, 0.1) is 17.1 Å². The van der Waals surface area contributed by atoms with Gasteiger partial charge in [0.1, 0.15) is 0 Å². The summed E-state index contributed by atoms with van der Waals surface area (Å²) in [7, 11) is 0. The van der Waals surface area contributed by atoms with Crippen LogP contribution >= 0.6 is 0 Å².